The van der Waals surface area contributed by atoms with Crippen molar-refractivity contribution in [1.82, 2.24) is 4.98 Å². The summed E-state index contributed by atoms with van der Waals surface area (Å²) in [5.74, 6) is 1.28. The van der Waals surface area contributed by atoms with Crippen LogP contribution in [0.4, 0.5) is 5.69 Å². The maximum Gasteiger partial charge on any atom is 0.248 e. The van der Waals surface area contributed by atoms with Crippen LogP contribution in [0.3, 0.4) is 0 Å². The number of carbonyl (C=O) groups excluding carboxylic acids is 1. The zero-order valence-corrected chi connectivity index (χ0v) is 16.7. The third-order valence-electron chi connectivity index (χ3n) is 4.64. The van der Waals surface area contributed by atoms with Crippen molar-refractivity contribution in [2.45, 2.75) is 27.7 Å². The average Bonchev–Trinajstić information content (AvgIpc) is 2.92. The number of rotatable bonds is 4. The fourth-order valence-corrected chi connectivity index (χ4v) is 3.26. The summed E-state index contributed by atoms with van der Waals surface area (Å²) in [6.07, 6.45) is 3.09. The lowest BCUT2D eigenvalue weighted by Gasteiger charge is -2.13. The summed E-state index contributed by atoms with van der Waals surface area (Å²) in [7, 11) is 1.61. The Morgan fingerprint density at radius 2 is 2.04 bits per heavy atom. The van der Waals surface area contributed by atoms with Gasteiger partial charge in [0, 0.05) is 28.8 Å². The van der Waals surface area contributed by atoms with E-state index in [1.165, 1.54) is 6.08 Å². The predicted molar refractivity (Wildman–Crippen MR) is 109 cm³/mol. The molecule has 0 aliphatic heterocycles. The number of fused-ring (bicyclic) bond motifs is 1. The number of aromatic nitrogens is 1. The Bertz CT molecular complexity index is 1070. The summed E-state index contributed by atoms with van der Waals surface area (Å²) < 4.78 is 11.5. The maximum absolute atomic E-state index is 12.4. The number of carbonyl (C=O) groups is 1. The Morgan fingerprint density at radius 1 is 1.30 bits per heavy atom. The van der Waals surface area contributed by atoms with Crippen molar-refractivity contribution < 1.29 is 13.9 Å². The topological polar surface area (TPSA) is 64.4 Å². The van der Waals surface area contributed by atoms with Crippen LogP contribution < -0.4 is 10.1 Å². The molecule has 1 amide bonds. The van der Waals surface area contributed by atoms with E-state index in [9.17, 15) is 4.79 Å². The number of amides is 1. The number of aryl methyl sites for hydroxylation is 3. The Balaban J connectivity index is 2.02. The lowest BCUT2D eigenvalue weighted by Crippen LogP contribution is -2.09. The summed E-state index contributed by atoms with van der Waals surface area (Å²) in [5.41, 5.74) is 4.88. The smallest absolute Gasteiger partial charge is 0.248 e. The number of furan rings is 1. The molecule has 0 spiro atoms. The van der Waals surface area contributed by atoms with E-state index in [0.717, 1.165) is 39.0 Å². The molecule has 6 heteroatoms. The molecule has 140 valence electrons. The van der Waals surface area contributed by atoms with Crippen molar-refractivity contribution in [1.29, 1.82) is 0 Å². The number of methoxy groups -OCH3 is 1. The average molecular weight is 385 g/mol. The summed E-state index contributed by atoms with van der Waals surface area (Å²) in [5, 5.41) is 4.01. The standard InChI is InChI=1S/C21H21ClN2O3/c1-11(9-18(25)24-17-7-6-8-23-21(17)22)15-10-16-12(2)14(4)27-20(16)13(3)19(15)26-5/h6-10H,1-5H3,(H,24,25)/b11-9+. The first-order chi connectivity index (χ1) is 12.8. The second kappa shape index (κ2) is 7.45. The van der Waals surface area contributed by atoms with Gasteiger partial charge in [-0.25, -0.2) is 4.98 Å². The molecule has 0 saturated heterocycles. The number of ether oxygens (including phenoxy) is 1. The van der Waals surface area contributed by atoms with Gasteiger partial charge in [-0.1, -0.05) is 11.6 Å². The minimum Gasteiger partial charge on any atom is -0.496 e. The van der Waals surface area contributed by atoms with E-state index in [1.54, 1.807) is 25.4 Å². The highest BCUT2D eigenvalue weighted by molar-refractivity contribution is 6.32. The highest BCUT2D eigenvalue weighted by atomic mass is 35.5. The molecule has 0 radical (unpaired) electrons. The van der Waals surface area contributed by atoms with Gasteiger partial charge < -0.3 is 14.5 Å². The van der Waals surface area contributed by atoms with Crippen LogP contribution >= 0.6 is 11.6 Å². The lowest BCUT2D eigenvalue weighted by atomic mass is 9.98. The number of hydrogen-bond donors (Lipinski definition) is 1. The van der Waals surface area contributed by atoms with Gasteiger partial charge in [0.15, 0.2) is 5.15 Å². The molecule has 3 aromatic rings. The molecule has 1 N–H and O–H groups in total. The van der Waals surface area contributed by atoms with Crippen LogP contribution in [-0.2, 0) is 4.79 Å². The van der Waals surface area contributed by atoms with Crippen LogP contribution in [-0.4, -0.2) is 18.0 Å². The largest absolute Gasteiger partial charge is 0.496 e. The molecular weight excluding hydrogens is 364 g/mol. The number of hydrogen-bond acceptors (Lipinski definition) is 4. The van der Waals surface area contributed by atoms with Crippen molar-refractivity contribution in [3.05, 3.63) is 58.1 Å². The van der Waals surface area contributed by atoms with Crippen molar-refractivity contribution in [2.75, 3.05) is 12.4 Å². The molecule has 0 aliphatic carbocycles. The predicted octanol–water partition coefficient (Wildman–Crippen LogP) is 5.46. The zero-order chi connectivity index (χ0) is 19.7. The minimum atomic E-state index is -0.290. The van der Waals surface area contributed by atoms with E-state index < -0.39 is 0 Å². The van der Waals surface area contributed by atoms with Crippen LogP contribution in [0.25, 0.3) is 16.5 Å². The first-order valence-electron chi connectivity index (χ1n) is 8.51. The Morgan fingerprint density at radius 3 is 2.70 bits per heavy atom. The third kappa shape index (κ3) is 3.55. The van der Waals surface area contributed by atoms with Crippen LogP contribution in [0.1, 0.15) is 29.4 Å². The first-order valence-corrected chi connectivity index (χ1v) is 8.88. The molecular formula is C21H21ClN2O3. The lowest BCUT2D eigenvalue weighted by molar-refractivity contribution is -0.111. The van der Waals surface area contributed by atoms with Crippen molar-refractivity contribution in [3.63, 3.8) is 0 Å². The molecule has 0 aliphatic rings. The van der Waals surface area contributed by atoms with Gasteiger partial charge in [0.2, 0.25) is 5.91 Å². The quantitative estimate of drug-likeness (QED) is 0.479. The van der Waals surface area contributed by atoms with Gasteiger partial charge in [0.25, 0.3) is 0 Å². The zero-order valence-electron chi connectivity index (χ0n) is 15.9. The highest BCUT2D eigenvalue weighted by Gasteiger charge is 2.18. The van der Waals surface area contributed by atoms with E-state index in [2.05, 4.69) is 10.3 Å². The van der Waals surface area contributed by atoms with Crippen molar-refractivity contribution >= 4 is 39.7 Å². The number of nitrogens with one attached hydrogen (secondary N) is 1. The van der Waals surface area contributed by atoms with Crippen LogP contribution in [0.5, 0.6) is 5.75 Å². The molecule has 2 heterocycles. The molecule has 3 rings (SSSR count). The van der Waals surface area contributed by atoms with Crippen LogP contribution in [0, 0.1) is 20.8 Å². The molecule has 2 aromatic heterocycles. The van der Waals surface area contributed by atoms with Gasteiger partial charge in [-0.3, -0.25) is 4.79 Å². The Hall–Kier alpha value is -2.79. The number of benzene rings is 1. The van der Waals surface area contributed by atoms with E-state index in [1.807, 2.05) is 33.8 Å². The van der Waals surface area contributed by atoms with E-state index in [4.69, 9.17) is 20.8 Å². The van der Waals surface area contributed by atoms with Crippen molar-refractivity contribution in [2.24, 2.45) is 0 Å². The molecule has 0 unspecified atom stereocenters. The molecule has 1 aromatic carbocycles. The second-order valence-corrected chi connectivity index (χ2v) is 6.76. The maximum atomic E-state index is 12.4. The number of halogens is 1. The van der Waals surface area contributed by atoms with E-state index in [-0.39, 0.29) is 11.1 Å². The van der Waals surface area contributed by atoms with Gasteiger partial charge in [-0.05, 0) is 57.0 Å². The van der Waals surface area contributed by atoms with E-state index in [0.29, 0.717) is 11.4 Å². The molecule has 27 heavy (non-hydrogen) atoms. The van der Waals surface area contributed by atoms with Crippen LogP contribution in [0.2, 0.25) is 5.15 Å². The highest BCUT2D eigenvalue weighted by Crippen LogP contribution is 2.38. The van der Waals surface area contributed by atoms with Crippen LogP contribution in [0.15, 0.2) is 34.9 Å². The summed E-state index contributed by atoms with van der Waals surface area (Å²) in [4.78, 5) is 16.4. The molecule has 0 atom stereocenters. The molecule has 5 nitrogen and oxygen atoms in total. The monoisotopic (exact) mass is 384 g/mol. The minimum absolute atomic E-state index is 0.247. The fourth-order valence-electron chi connectivity index (χ4n) is 3.09. The fraction of sp³-hybridized carbons (Fsp3) is 0.238. The number of anilines is 1. The number of pyridine rings is 1. The van der Waals surface area contributed by atoms with Crippen molar-refractivity contribution in [3.8, 4) is 5.75 Å². The molecule has 0 fully saturated rings. The summed E-state index contributed by atoms with van der Waals surface area (Å²) in [6, 6.07) is 5.41. The first kappa shape index (κ1) is 19.0. The second-order valence-electron chi connectivity index (χ2n) is 6.40. The normalized spacial score (nSPS) is 11.7. The SMILES string of the molecule is COc1c(/C(C)=C/C(=O)Nc2cccnc2Cl)cc2c(C)c(C)oc2c1C. The Kier molecular flexibility index (Phi) is 5.24. The molecule has 0 bridgehead atoms. The summed E-state index contributed by atoms with van der Waals surface area (Å²) in [6.45, 7) is 7.79. The van der Waals surface area contributed by atoms with Gasteiger partial charge >= 0.3 is 0 Å². The number of nitrogens with zero attached hydrogens (tertiary/aromatic N) is 1. The van der Waals surface area contributed by atoms with Gasteiger partial charge in [-0.2, -0.15) is 0 Å². The number of allylic oxidation sites excluding steroid dienone is 1. The van der Waals surface area contributed by atoms with Gasteiger partial charge in [0.1, 0.15) is 17.1 Å². The third-order valence-corrected chi connectivity index (χ3v) is 4.94. The molecule has 0 saturated carbocycles. The summed E-state index contributed by atoms with van der Waals surface area (Å²) >= 11 is 6.00. The Labute approximate surface area is 163 Å². The van der Waals surface area contributed by atoms with E-state index >= 15 is 0 Å². The van der Waals surface area contributed by atoms with Gasteiger partial charge in [-0.15, -0.1) is 0 Å². The van der Waals surface area contributed by atoms with Gasteiger partial charge in [0.05, 0.1) is 12.8 Å².